The van der Waals surface area contributed by atoms with Crippen LogP contribution in [0, 0.1) is 5.82 Å². The maximum Gasteiger partial charge on any atom is 0.416 e. The minimum Gasteiger partial charge on any atom is -0.396 e. The fraction of sp³-hybridized carbons (Fsp3) is 0.538. The molecule has 0 amide bonds. The zero-order valence-electron chi connectivity index (χ0n) is 10.8. The Morgan fingerprint density at radius 1 is 1.00 bits per heavy atom. The van der Waals surface area contributed by atoms with E-state index in [1.807, 2.05) is 0 Å². The molecule has 0 atom stereocenters. The SMILES string of the molecule is OCCCN(CCO)Cc1cc(F)cc(C(F)(F)F)c1. The second kappa shape index (κ2) is 7.56. The molecule has 1 rings (SSSR count). The van der Waals surface area contributed by atoms with Gasteiger partial charge in [-0.25, -0.2) is 4.39 Å². The first-order chi connectivity index (χ1) is 9.36. The van der Waals surface area contributed by atoms with E-state index < -0.39 is 17.6 Å². The van der Waals surface area contributed by atoms with Gasteiger partial charge in [-0.05, 0) is 30.2 Å². The fourth-order valence-corrected chi connectivity index (χ4v) is 1.87. The Morgan fingerprint density at radius 2 is 1.70 bits per heavy atom. The summed E-state index contributed by atoms with van der Waals surface area (Å²) in [4.78, 5) is 1.66. The normalized spacial score (nSPS) is 12.2. The van der Waals surface area contributed by atoms with Gasteiger partial charge in [0.2, 0.25) is 0 Å². The molecule has 0 heterocycles. The summed E-state index contributed by atoms with van der Waals surface area (Å²) < 4.78 is 51.0. The van der Waals surface area contributed by atoms with E-state index in [0.717, 1.165) is 12.1 Å². The molecule has 0 aliphatic heterocycles. The standard InChI is InChI=1S/C13H17F4NO2/c14-12-7-10(6-11(8-12)13(15,16)17)9-18(3-5-20)2-1-4-19/h6-8,19-20H,1-5,9H2. The topological polar surface area (TPSA) is 43.7 Å². The lowest BCUT2D eigenvalue weighted by Gasteiger charge is -2.21. The second-order valence-electron chi connectivity index (χ2n) is 4.42. The van der Waals surface area contributed by atoms with Crippen molar-refractivity contribution in [3.05, 3.63) is 35.1 Å². The van der Waals surface area contributed by atoms with Gasteiger partial charge >= 0.3 is 6.18 Å². The number of aliphatic hydroxyl groups is 2. The molecule has 3 nitrogen and oxygen atoms in total. The Hall–Kier alpha value is -1.18. The average Bonchev–Trinajstić information content (AvgIpc) is 2.34. The molecule has 1 aromatic carbocycles. The van der Waals surface area contributed by atoms with Crippen LogP contribution < -0.4 is 0 Å². The van der Waals surface area contributed by atoms with Crippen LogP contribution >= 0.6 is 0 Å². The van der Waals surface area contributed by atoms with E-state index in [2.05, 4.69) is 0 Å². The molecule has 0 aromatic heterocycles. The van der Waals surface area contributed by atoms with E-state index >= 15 is 0 Å². The van der Waals surface area contributed by atoms with Gasteiger partial charge in [0, 0.05) is 26.2 Å². The summed E-state index contributed by atoms with van der Waals surface area (Å²) in [5.41, 5.74) is -0.845. The Kier molecular flexibility index (Phi) is 6.38. The molecule has 0 radical (unpaired) electrons. The molecule has 20 heavy (non-hydrogen) atoms. The molecule has 1 aromatic rings. The largest absolute Gasteiger partial charge is 0.416 e. The molecular weight excluding hydrogens is 278 g/mol. The maximum atomic E-state index is 13.2. The molecule has 2 N–H and O–H groups in total. The molecule has 0 saturated heterocycles. The van der Waals surface area contributed by atoms with Crippen LogP contribution in [-0.4, -0.2) is 41.4 Å². The lowest BCUT2D eigenvalue weighted by molar-refractivity contribution is -0.137. The van der Waals surface area contributed by atoms with E-state index in [0.29, 0.717) is 19.0 Å². The summed E-state index contributed by atoms with van der Waals surface area (Å²) in [6.07, 6.45) is -4.16. The molecule has 0 saturated carbocycles. The molecule has 0 fully saturated rings. The smallest absolute Gasteiger partial charge is 0.396 e. The number of nitrogens with zero attached hydrogens (tertiary/aromatic N) is 1. The predicted molar refractivity (Wildman–Crippen MR) is 65.5 cm³/mol. The first-order valence-corrected chi connectivity index (χ1v) is 6.17. The summed E-state index contributed by atoms with van der Waals surface area (Å²) in [5.74, 6) is -0.944. The van der Waals surface area contributed by atoms with Gasteiger partial charge in [-0.15, -0.1) is 0 Å². The third-order valence-corrected chi connectivity index (χ3v) is 2.74. The van der Waals surface area contributed by atoms with Crippen molar-refractivity contribution in [1.29, 1.82) is 0 Å². The fourth-order valence-electron chi connectivity index (χ4n) is 1.87. The molecule has 0 aliphatic rings. The van der Waals surface area contributed by atoms with E-state index in [1.54, 1.807) is 4.90 Å². The highest BCUT2D eigenvalue weighted by molar-refractivity contribution is 5.26. The van der Waals surface area contributed by atoms with Crippen molar-refractivity contribution in [3.63, 3.8) is 0 Å². The van der Waals surface area contributed by atoms with E-state index in [1.165, 1.54) is 0 Å². The van der Waals surface area contributed by atoms with Gasteiger partial charge in [0.25, 0.3) is 0 Å². The van der Waals surface area contributed by atoms with Crippen LogP contribution in [0.4, 0.5) is 17.6 Å². The summed E-state index contributed by atoms with van der Waals surface area (Å²) in [7, 11) is 0. The quantitative estimate of drug-likeness (QED) is 0.756. The summed E-state index contributed by atoms with van der Waals surface area (Å²) in [6.45, 7) is 0.528. The average molecular weight is 295 g/mol. The predicted octanol–water partition coefficient (Wildman–Crippen LogP) is 2.02. The zero-order valence-corrected chi connectivity index (χ0v) is 10.8. The number of rotatable bonds is 7. The van der Waals surface area contributed by atoms with Gasteiger partial charge in [0.05, 0.1) is 12.2 Å². The highest BCUT2D eigenvalue weighted by Gasteiger charge is 2.31. The van der Waals surface area contributed by atoms with Crippen molar-refractivity contribution in [2.24, 2.45) is 0 Å². The number of alkyl halides is 3. The molecule has 7 heteroatoms. The van der Waals surface area contributed by atoms with Crippen molar-refractivity contribution in [1.82, 2.24) is 4.90 Å². The summed E-state index contributed by atoms with van der Waals surface area (Å²) >= 11 is 0. The van der Waals surface area contributed by atoms with Crippen LogP contribution in [0.5, 0.6) is 0 Å². The lowest BCUT2D eigenvalue weighted by atomic mass is 10.1. The molecule has 0 aliphatic carbocycles. The Bertz CT molecular complexity index is 423. The molecule has 114 valence electrons. The lowest BCUT2D eigenvalue weighted by Crippen LogP contribution is -2.28. The van der Waals surface area contributed by atoms with Crippen LogP contribution in [0.1, 0.15) is 17.5 Å². The number of halogens is 4. The van der Waals surface area contributed by atoms with E-state index in [-0.39, 0.29) is 31.9 Å². The van der Waals surface area contributed by atoms with Gasteiger partial charge in [-0.3, -0.25) is 4.90 Å². The van der Waals surface area contributed by atoms with Crippen LogP contribution in [0.25, 0.3) is 0 Å². The van der Waals surface area contributed by atoms with Crippen molar-refractivity contribution < 1.29 is 27.8 Å². The van der Waals surface area contributed by atoms with E-state index in [9.17, 15) is 17.6 Å². The van der Waals surface area contributed by atoms with Crippen LogP contribution in [0.15, 0.2) is 18.2 Å². The van der Waals surface area contributed by atoms with Gasteiger partial charge < -0.3 is 10.2 Å². The Labute approximate surface area is 114 Å². The maximum absolute atomic E-state index is 13.2. The Morgan fingerprint density at radius 3 is 2.25 bits per heavy atom. The molecule has 0 spiro atoms. The minimum atomic E-state index is -4.59. The van der Waals surface area contributed by atoms with Gasteiger partial charge in [0.15, 0.2) is 0 Å². The first-order valence-electron chi connectivity index (χ1n) is 6.17. The van der Waals surface area contributed by atoms with Crippen LogP contribution in [0.2, 0.25) is 0 Å². The summed E-state index contributed by atoms with van der Waals surface area (Å²) in [6, 6.07) is 2.39. The minimum absolute atomic E-state index is 0.0567. The highest BCUT2D eigenvalue weighted by atomic mass is 19.4. The summed E-state index contributed by atoms with van der Waals surface area (Å²) in [5, 5.41) is 17.6. The van der Waals surface area contributed by atoms with Gasteiger partial charge in [-0.1, -0.05) is 0 Å². The third-order valence-electron chi connectivity index (χ3n) is 2.74. The third kappa shape index (κ3) is 5.44. The van der Waals surface area contributed by atoms with Crippen molar-refractivity contribution in [2.75, 3.05) is 26.3 Å². The van der Waals surface area contributed by atoms with Crippen molar-refractivity contribution >= 4 is 0 Å². The van der Waals surface area contributed by atoms with Crippen LogP contribution in [0.3, 0.4) is 0 Å². The second-order valence-corrected chi connectivity index (χ2v) is 4.42. The van der Waals surface area contributed by atoms with Crippen molar-refractivity contribution in [3.8, 4) is 0 Å². The van der Waals surface area contributed by atoms with Crippen LogP contribution in [-0.2, 0) is 12.7 Å². The first kappa shape index (κ1) is 16.9. The van der Waals surface area contributed by atoms with Crippen molar-refractivity contribution in [2.45, 2.75) is 19.1 Å². The zero-order chi connectivity index (χ0) is 15.2. The molecule has 0 bridgehead atoms. The van der Waals surface area contributed by atoms with E-state index in [4.69, 9.17) is 10.2 Å². The number of hydrogen-bond donors (Lipinski definition) is 2. The van der Waals surface area contributed by atoms with Gasteiger partial charge in [0.1, 0.15) is 5.82 Å². The number of benzene rings is 1. The number of aliphatic hydroxyl groups excluding tert-OH is 2. The highest BCUT2D eigenvalue weighted by Crippen LogP contribution is 2.30. The monoisotopic (exact) mass is 295 g/mol. The number of hydrogen-bond acceptors (Lipinski definition) is 3. The Balaban J connectivity index is 2.86. The van der Waals surface area contributed by atoms with Gasteiger partial charge in [-0.2, -0.15) is 13.2 Å². The molecule has 0 unspecified atom stereocenters. The molecular formula is C13H17F4NO2.